The van der Waals surface area contributed by atoms with Gasteiger partial charge in [0.05, 0.1) is 15.8 Å². The Morgan fingerprint density at radius 3 is 1.52 bits per heavy atom. The molecule has 7 nitrogen and oxygen atoms in total. The molecule has 2 rings (SSSR count). The Morgan fingerprint density at radius 1 is 0.848 bits per heavy atom. The summed E-state index contributed by atoms with van der Waals surface area (Å²) in [6.07, 6.45) is 3.97. The van der Waals surface area contributed by atoms with Crippen LogP contribution in [-0.2, 0) is 20.9 Å². The van der Waals surface area contributed by atoms with Gasteiger partial charge in [-0.25, -0.2) is 12.8 Å². The van der Waals surface area contributed by atoms with Crippen LogP contribution < -0.4 is 0 Å². The quantitative estimate of drug-likeness (QED) is 0.165. The van der Waals surface area contributed by atoms with E-state index in [2.05, 4.69) is 53.7 Å². The number of alkyl halides is 3. The molecular weight excluding hydrogens is 463 g/mol. The van der Waals surface area contributed by atoms with E-state index in [0.29, 0.717) is 0 Å². The van der Waals surface area contributed by atoms with E-state index in [4.69, 9.17) is 17.4 Å². The highest BCUT2D eigenvalue weighted by atomic mass is 32.2. The van der Waals surface area contributed by atoms with Crippen LogP contribution in [0.3, 0.4) is 0 Å². The fourth-order valence-corrected chi connectivity index (χ4v) is 2.26. The van der Waals surface area contributed by atoms with E-state index in [-0.39, 0.29) is 16.5 Å². The first-order valence-corrected chi connectivity index (χ1v) is 11.1. The molecule has 0 radical (unpaired) electrons. The predicted octanol–water partition coefficient (Wildman–Crippen LogP) is 6.29. The maximum atomic E-state index is 10.7. The van der Waals surface area contributed by atoms with E-state index >= 15 is 0 Å². The molecule has 0 aliphatic heterocycles. The minimum absolute atomic E-state index is 0.0861. The van der Waals surface area contributed by atoms with Gasteiger partial charge in [-0.15, -0.1) is 0 Å². The van der Waals surface area contributed by atoms with Crippen LogP contribution >= 0.6 is 0 Å². The molecule has 0 aliphatic carbocycles. The predicted molar refractivity (Wildman–Crippen MR) is 118 cm³/mol. The molecular formula is C22H26F3NO6S. The van der Waals surface area contributed by atoms with Gasteiger partial charge in [-0.1, -0.05) is 12.2 Å². The Morgan fingerprint density at radius 2 is 1.21 bits per heavy atom. The van der Waals surface area contributed by atoms with Gasteiger partial charge in [-0.2, -0.15) is 13.2 Å². The molecule has 0 fully saturated rings. The third-order valence-electron chi connectivity index (χ3n) is 4.15. The zero-order chi connectivity index (χ0) is 25.8. The second kappa shape index (κ2) is 10.0. The van der Waals surface area contributed by atoms with E-state index in [1.54, 1.807) is 12.1 Å². The zero-order valence-electron chi connectivity index (χ0n) is 19.1. The number of nitro benzene ring substituents is 1. The van der Waals surface area contributed by atoms with Crippen molar-refractivity contribution in [1.29, 1.82) is 0 Å². The van der Waals surface area contributed by atoms with Gasteiger partial charge in [0.2, 0.25) is 0 Å². The zero-order valence-corrected chi connectivity index (χ0v) is 19.9. The molecule has 1 heterocycles. The van der Waals surface area contributed by atoms with Crippen LogP contribution in [0, 0.1) is 10.1 Å². The average Bonchev–Trinajstić information content (AvgIpc) is 2.64. The number of nitro groups is 1. The van der Waals surface area contributed by atoms with Crippen LogP contribution in [0.25, 0.3) is 12.2 Å². The number of benzene rings is 1. The number of nitrogens with zero attached hydrogens (tertiary/aromatic N) is 1. The normalized spacial score (nSPS) is 12.9. The molecule has 0 spiro atoms. The summed E-state index contributed by atoms with van der Waals surface area (Å²) in [4.78, 5) is 10.3. The molecule has 11 heteroatoms. The summed E-state index contributed by atoms with van der Waals surface area (Å²) >= 11 is 0. The molecule has 0 saturated carbocycles. The van der Waals surface area contributed by atoms with Gasteiger partial charge in [-0.05, 0) is 64.8 Å². The lowest BCUT2D eigenvalue weighted by atomic mass is 9.88. The van der Waals surface area contributed by atoms with Gasteiger partial charge in [0.15, 0.2) is 10.1 Å². The van der Waals surface area contributed by atoms with Crippen molar-refractivity contribution < 1.29 is 35.5 Å². The molecule has 0 unspecified atom stereocenters. The molecule has 1 aromatic carbocycles. The van der Waals surface area contributed by atoms with Gasteiger partial charge in [0, 0.05) is 24.3 Å². The minimum Gasteiger partial charge on any atom is -0.741 e. The molecule has 0 saturated heterocycles. The highest BCUT2D eigenvalue weighted by Gasteiger charge is 2.37. The van der Waals surface area contributed by atoms with Crippen molar-refractivity contribution in [3.63, 3.8) is 0 Å². The first-order valence-electron chi connectivity index (χ1n) is 9.65. The lowest BCUT2D eigenvalue weighted by Gasteiger charge is -2.14. The highest BCUT2D eigenvalue weighted by Crippen LogP contribution is 2.31. The molecule has 0 atom stereocenters. The third-order valence-corrected chi connectivity index (χ3v) is 4.72. The monoisotopic (exact) mass is 489 g/mol. The highest BCUT2D eigenvalue weighted by molar-refractivity contribution is 7.86. The standard InChI is InChI=1S/C21H26NO3.CHF3O3S/c1-20(2,3)18-13-16(14-19(25-18)21(4,5)6)8-7-15-9-11-17(12-10-15)22(23)24;2-1(3,4)8(5,6)7/h7-14H,1-6H3;(H,5,6,7)/q+1;/p-1. The van der Waals surface area contributed by atoms with Crippen molar-refractivity contribution >= 4 is 28.0 Å². The van der Waals surface area contributed by atoms with Gasteiger partial charge >= 0.3 is 17.0 Å². The van der Waals surface area contributed by atoms with Gasteiger partial charge < -0.3 is 4.55 Å². The topological polar surface area (TPSA) is 112 Å². The number of non-ortho nitro benzene ring substituents is 1. The van der Waals surface area contributed by atoms with E-state index in [1.807, 2.05) is 12.2 Å². The van der Waals surface area contributed by atoms with Crippen molar-refractivity contribution in [2.24, 2.45) is 0 Å². The second-order valence-electron chi connectivity index (χ2n) is 9.20. The Kier molecular flexibility index (Phi) is 8.56. The van der Waals surface area contributed by atoms with Gasteiger partial charge in [0.25, 0.3) is 5.69 Å². The molecule has 0 aliphatic rings. The van der Waals surface area contributed by atoms with Crippen LogP contribution in [0.1, 0.15) is 64.2 Å². The maximum Gasteiger partial charge on any atom is 0.485 e. The minimum atomic E-state index is -6.09. The first-order chi connectivity index (χ1) is 14.7. The molecule has 1 aromatic heterocycles. The summed E-state index contributed by atoms with van der Waals surface area (Å²) in [6.45, 7) is 12.8. The third kappa shape index (κ3) is 8.93. The summed E-state index contributed by atoms with van der Waals surface area (Å²) < 4.78 is 65.0. The SMILES string of the molecule is CC(C)(C)c1cc(C=Cc2ccc([N+](=O)[O-])cc2)cc(C(C)(C)C)[o+]1.O=S(=O)([O-])C(F)(F)F. The summed E-state index contributed by atoms with van der Waals surface area (Å²) in [5, 5.41) is 10.7. The first kappa shape index (κ1) is 28.2. The average molecular weight is 490 g/mol. The van der Waals surface area contributed by atoms with E-state index in [1.165, 1.54) is 12.1 Å². The van der Waals surface area contributed by atoms with Crippen molar-refractivity contribution in [1.82, 2.24) is 0 Å². The van der Waals surface area contributed by atoms with Crippen LogP contribution in [0.5, 0.6) is 0 Å². The number of halogens is 3. The second-order valence-corrected chi connectivity index (χ2v) is 10.6. The Hall–Kier alpha value is -2.79. The molecule has 182 valence electrons. The number of rotatable bonds is 3. The van der Waals surface area contributed by atoms with Gasteiger partial charge in [0.1, 0.15) is 0 Å². The number of hydrogen-bond donors (Lipinski definition) is 0. The molecule has 2 aromatic rings. The van der Waals surface area contributed by atoms with Crippen molar-refractivity contribution in [2.45, 2.75) is 57.9 Å². The number of hydrogen-bond acceptors (Lipinski definition) is 5. The van der Waals surface area contributed by atoms with Crippen LogP contribution in [0.4, 0.5) is 18.9 Å². The van der Waals surface area contributed by atoms with Crippen molar-refractivity contribution in [3.05, 3.63) is 69.2 Å². The lowest BCUT2D eigenvalue weighted by molar-refractivity contribution is -0.384. The van der Waals surface area contributed by atoms with E-state index in [9.17, 15) is 23.3 Å². The fraction of sp³-hybridized carbons (Fsp3) is 0.409. The fourth-order valence-electron chi connectivity index (χ4n) is 2.26. The van der Waals surface area contributed by atoms with E-state index in [0.717, 1.165) is 22.6 Å². The Labute approximate surface area is 190 Å². The largest absolute Gasteiger partial charge is 0.741 e. The Balaban J connectivity index is 0.000000582. The molecule has 0 amide bonds. The summed E-state index contributed by atoms with van der Waals surface area (Å²) in [7, 11) is -6.09. The Bertz CT molecular complexity index is 1080. The van der Waals surface area contributed by atoms with Gasteiger partial charge in [-0.3, -0.25) is 10.1 Å². The lowest BCUT2D eigenvalue weighted by Crippen LogP contribution is -2.21. The van der Waals surface area contributed by atoms with E-state index < -0.39 is 20.5 Å². The molecule has 0 bridgehead atoms. The summed E-state index contributed by atoms with van der Waals surface area (Å²) in [6, 6.07) is 10.6. The molecule has 0 N–H and O–H groups in total. The maximum absolute atomic E-state index is 10.7. The van der Waals surface area contributed by atoms with Crippen LogP contribution in [-0.4, -0.2) is 23.4 Å². The smallest absolute Gasteiger partial charge is 0.485 e. The molecule has 33 heavy (non-hydrogen) atoms. The van der Waals surface area contributed by atoms with Crippen molar-refractivity contribution in [3.8, 4) is 0 Å². The van der Waals surface area contributed by atoms with Crippen molar-refractivity contribution in [2.75, 3.05) is 0 Å². The summed E-state index contributed by atoms with van der Waals surface area (Å²) in [5.74, 6) is 1.87. The van der Waals surface area contributed by atoms with Crippen LogP contribution in [0.15, 0.2) is 40.8 Å². The van der Waals surface area contributed by atoms with Crippen LogP contribution in [0.2, 0.25) is 0 Å². The summed E-state index contributed by atoms with van der Waals surface area (Å²) in [5.41, 5.74) is -3.75.